The maximum absolute atomic E-state index is 14.9. The zero-order valence-electron chi connectivity index (χ0n) is 15.1. The SMILES string of the molecule is CN1CCC(c2c(F)cnc3[nH]c4cnc(-c5cccnc5)cc4c23)CC1. The number of rotatable bonds is 2. The van der Waals surface area contributed by atoms with E-state index in [0.717, 1.165) is 64.7 Å². The molecule has 5 heterocycles. The molecule has 0 saturated carbocycles. The highest BCUT2D eigenvalue weighted by atomic mass is 19.1. The first-order valence-corrected chi connectivity index (χ1v) is 9.25. The monoisotopic (exact) mass is 361 g/mol. The van der Waals surface area contributed by atoms with Crippen molar-refractivity contribution in [2.24, 2.45) is 0 Å². The van der Waals surface area contributed by atoms with E-state index in [1.54, 1.807) is 18.6 Å². The van der Waals surface area contributed by atoms with Gasteiger partial charge < -0.3 is 9.88 Å². The molecular weight excluding hydrogens is 341 g/mol. The lowest BCUT2D eigenvalue weighted by Crippen LogP contribution is -2.29. The highest BCUT2D eigenvalue weighted by Gasteiger charge is 2.25. The Balaban J connectivity index is 1.73. The molecule has 27 heavy (non-hydrogen) atoms. The van der Waals surface area contributed by atoms with Gasteiger partial charge in [-0.3, -0.25) is 9.97 Å². The Bertz CT molecular complexity index is 1110. The summed E-state index contributed by atoms with van der Waals surface area (Å²) >= 11 is 0. The summed E-state index contributed by atoms with van der Waals surface area (Å²) in [4.78, 5) is 18.6. The molecule has 0 bridgehead atoms. The molecule has 1 fully saturated rings. The van der Waals surface area contributed by atoms with Gasteiger partial charge in [0.05, 0.1) is 23.6 Å². The number of nitrogens with one attached hydrogen (secondary N) is 1. The first-order chi connectivity index (χ1) is 13.2. The minimum atomic E-state index is -0.210. The van der Waals surface area contributed by atoms with Crippen molar-refractivity contribution in [2.75, 3.05) is 20.1 Å². The largest absolute Gasteiger partial charge is 0.338 e. The summed E-state index contributed by atoms with van der Waals surface area (Å²) in [7, 11) is 2.12. The van der Waals surface area contributed by atoms with Crippen LogP contribution >= 0.6 is 0 Å². The first kappa shape index (κ1) is 16.3. The number of halogens is 1. The number of likely N-dealkylation sites (tertiary alicyclic amines) is 1. The molecule has 1 aliphatic rings. The Morgan fingerprint density at radius 1 is 1.15 bits per heavy atom. The van der Waals surface area contributed by atoms with Crippen LogP contribution in [0.2, 0.25) is 0 Å². The third-order valence-electron chi connectivity index (χ3n) is 5.58. The molecule has 0 amide bonds. The van der Waals surface area contributed by atoms with Gasteiger partial charge >= 0.3 is 0 Å². The van der Waals surface area contributed by atoms with Crippen LogP contribution in [0.15, 0.2) is 43.0 Å². The molecule has 0 spiro atoms. The van der Waals surface area contributed by atoms with Gasteiger partial charge in [-0.05, 0) is 57.1 Å². The first-order valence-electron chi connectivity index (χ1n) is 9.25. The normalized spacial score (nSPS) is 16.4. The van der Waals surface area contributed by atoms with E-state index < -0.39 is 0 Å². The second-order valence-corrected chi connectivity index (χ2v) is 7.30. The lowest BCUT2D eigenvalue weighted by Gasteiger charge is -2.29. The Kier molecular flexibility index (Phi) is 3.86. The van der Waals surface area contributed by atoms with Crippen LogP contribution in [0.3, 0.4) is 0 Å². The number of nitrogens with zero attached hydrogens (tertiary/aromatic N) is 4. The van der Waals surface area contributed by atoms with Gasteiger partial charge in [-0.25, -0.2) is 9.37 Å². The average Bonchev–Trinajstić information content (AvgIpc) is 3.07. The van der Waals surface area contributed by atoms with Gasteiger partial charge in [0.25, 0.3) is 0 Å². The quantitative estimate of drug-likeness (QED) is 0.583. The number of piperidine rings is 1. The van der Waals surface area contributed by atoms with Gasteiger partial charge in [0, 0.05) is 34.3 Å². The van der Waals surface area contributed by atoms with E-state index in [1.807, 2.05) is 18.2 Å². The van der Waals surface area contributed by atoms with Gasteiger partial charge in [0.1, 0.15) is 11.5 Å². The van der Waals surface area contributed by atoms with E-state index in [2.05, 4.69) is 31.9 Å². The Morgan fingerprint density at radius 2 is 2.00 bits per heavy atom. The molecule has 1 saturated heterocycles. The van der Waals surface area contributed by atoms with Gasteiger partial charge in [0.15, 0.2) is 0 Å². The lowest BCUT2D eigenvalue weighted by atomic mass is 9.87. The van der Waals surface area contributed by atoms with E-state index in [1.165, 1.54) is 6.20 Å². The summed E-state index contributed by atoms with van der Waals surface area (Å²) in [5, 5.41) is 1.87. The second-order valence-electron chi connectivity index (χ2n) is 7.30. The fraction of sp³-hybridized carbons (Fsp3) is 0.286. The molecule has 0 radical (unpaired) electrons. The molecule has 0 unspecified atom stereocenters. The van der Waals surface area contributed by atoms with Crippen molar-refractivity contribution in [3.8, 4) is 11.3 Å². The van der Waals surface area contributed by atoms with Crippen molar-refractivity contribution >= 4 is 21.9 Å². The Morgan fingerprint density at radius 3 is 2.78 bits per heavy atom. The molecule has 4 aromatic rings. The highest BCUT2D eigenvalue weighted by Crippen LogP contribution is 2.38. The zero-order chi connectivity index (χ0) is 18.4. The fourth-order valence-corrected chi connectivity index (χ4v) is 4.13. The summed E-state index contributed by atoms with van der Waals surface area (Å²) in [5.74, 6) is -0.00148. The summed E-state index contributed by atoms with van der Waals surface area (Å²) < 4.78 is 14.9. The minimum Gasteiger partial charge on any atom is -0.338 e. The van der Waals surface area contributed by atoms with Crippen molar-refractivity contribution in [3.05, 3.63) is 54.4 Å². The topological polar surface area (TPSA) is 57.7 Å². The Hall–Kier alpha value is -2.86. The predicted octanol–water partition coefficient (Wildman–Crippen LogP) is 4.12. The molecule has 1 N–H and O–H groups in total. The molecule has 0 aromatic carbocycles. The lowest BCUT2D eigenvalue weighted by molar-refractivity contribution is 0.253. The van der Waals surface area contributed by atoms with Crippen LogP contribution in [0, 0.1) is 5.82 Å². The molecule has 136 valence electrons. The summed E-state index contributed by atoms with van der Waals surface area (Å²) in [6.07, 6.45) is 8.60. The maximum atomic E-state index is 14.9. The van der Waals surface area contributed by atoms with Crippen molar-refractivity contribution in [1.82, 2.24) is 24.8 Å². The van der Waals surface area contributed by atoms with Crippen LogP contribution < -0.4 is 0 Å². The number of hydrogen-bond donors (Lipinski definition) is 1. The van der Waals surface area contributed by atoms with Crippen LogP contribution in [-0.4, -0.2) is 45.0 Å². The number of fused-ring (bicyclic) bond motifs is 3. The van der Waals surface area contributed by atoms with Crippen LogP contribution in [-0.2, 0) is 0 Å². The smallest absolute Gasteiger partial charge is 0.145 e. The van der Waals surface area contributed by atoms with Crippen LogP contribution in [0.4, 0.5) is 4.39 Å². The average molecular weight is 361 g/mol. The van der Waals surface area contributed by atoms with E-state index in [0.29, 0.717) is 0 Å². The molecule has 1 aliphatic heterocycles. The third-order valence-corrected chi connectivity index (χ3v) is 5.58. The van der Waals surface area contributed by atoms with E-state index in [-0.39, 0.29) is 11.7 Å². The van der Waals surface area contributed by atoms with E-state index in [9.17, 15) is 4.39 Å². The summed E-state index contributed by atoms with van der Waals surface area (Å²) in [6, 6.07) is 5.89. The van der Waals surface area contributed by atoms with E-state index >= 15 is 0 Å². The molecule has 5 nitrogen and oxygen atoms in total. The third kappa shape index (κ3) is 2.77. The second kappa shape index (κ2) is 6.39. The maximum Gasteiger partial charge on any atom is 0.145 e. The minimum absolute atomic E-state index is 0.209. The molecule has 0 aliphatic carbocycles. The Labute approximate surface area is 156 Å². The van der Waals surface area contributed by atoms with Gasteiger partial charge in [-0.2, -0.15) is 0 Å². The van der Waals surface area contributed by atoms with Gasteiger partial charge in [0.2, 0.25) is 0 Å². The number of H-pyrrole nitrogens is 1. The van der Waals surface area contributed by atoms with Crippen LogP contribution in [0.25, 0.3) is 33.2 Å². The zero-order valence-corrected chi connectivity index (χ0v) is 15.1. The van der Waals surface area contributed by atoms with Gasteiger partial charge in [-0.15, -0.1) is 0 Å². The molecule has 6 heteroatoms. The number of aromatic amines is 1. The van der Waals surface area contributed by atoms with Crippen LogP contribution in [0.5, 0.6) is 0 Å². The summed E-state index contributed by atoms with van der Waals surface area (Å²) in [5.41, 5.74) is 4.17. The summed E-state index contributed by atoms with van der Waals surface area (Å²) in [6.45, 7) is 1.97. The highest BCUT2D eigenvalue weighted by molar-refractivity contribution is 6.08. The van der Waals surface area contributed by atoms with E-state index in [4.69, 9.17) is 0 Å². The molecular formula is C21H20FN5. The molecule has 4 aromatic heterocycles. The fourth-order valence-electron chi connectivity index (χ4n) is 4.13. The van der Waals surface area contributed by atoms with Crippen molar-refractivity contribution in [3.63, 3.8) is 0 Å². The van der Waals surface area contributed by atoms with Crippen molar-refractivity contribution in [1.29, 1.82) is 0 Å². The number of hydrogen-bond acceptors (Lipinski definition) is 4. The molecule has 5 rings (SSSR count). The van der Waals surface area contributed by atoms with Crippen LogP contribution in [0.1, 0.15) is 24.3 Å². The van der Waals surface area contributed by atoms with Crippen molar-refractivity contribution in [2.45, 2.75) is 18.8 Å². The standard InChI is InChI=1S/C21H20FN5/c1-27-7-4-13(5-8-27)19-16(22)11-25-21-20(19)15-9-17(24-12-18(15)26-21)14-3-2-6-23-10-14/h2-3,6,9-13H,4-5,7-8H2,1H3,(H,25,26). The van der Waals surface area contributed by atoms with Gasteiger partial charge in [-0.1, -0.05) is 0 Å². The number of pyridine rings is 3. The number of aromatic nitrogens is 4. The predicted molar refractivity (Wildman–Crippen MR) is 104 cm³/mol. The van der Waals surface area contributed by atoms with Crippen molar-refractivity contribution < 1.29 is 4.39 Å². The molecule has 0 atom stereocenters.